The predicted molar refractivity (Wildman–Crippen MR) is 80.8 cm³/mol. The molecule has 0 amide bonds. The molecule has 2 nitrogen and oxygen atoms in total. The van der Waals surface area contributed by atoms with Gasteiger partial charge in [-0.05, 0) is 65.4 Å². The van der Waals surface area contributed by atoms with Crippen molar-refractivity contribution in [3.8, 4) is 5.75 Å². The lowest BCUT2D eigenvalue weighted by Crippen LogP contribution is -2.05. The monoisotopic (exact) mass is 322 g/mol. The molecule has 1 aliphatic rings. The number of carbonyl (C=O) groups is 1. The van der Waals surface area contributed by atoms with Crippen LogP contribution in [0.4, 0.5) is 0 Å². The first-order chi connectivity index (χ1) is 9.22. The fraction of sp³-hybridized carbons (Fsp3) is 0.438. The molecule has 0 heterocycles. The van der Waals surface area contributed by atoms with E-state index in [9.17, 15) is 4.79 Å². The van der Waals surface area contributed by atoms with Crippen molar-refractivity contribution in [2.45, 2.75) is 38.5 Å². The maximum atomic E-state index is 12.5. The van der Waals surface area contributed by atoms with Crippen LogP contribution in [0.1, 0.15) is 48.9 Å². The Morgan fingerprint density at radius 1 is 1.21 bits per heavy atom. The third kappa shape index (κ3) is 3.69. The first kappa shape index (κ1) is 14.3. The molecule has 0 radical (unpaired) electrons. The van der Waals surface area contributed by atoms with Crippen molar-refractivity contribution in [1.82, 2.24) is 0 Å². The second-order valence-corrected chi connectivity index (χ2v) is 5.72. The first-order valence-corrected chi connectivity index (χ1v) is 7.59. The molecule has 0 aromatic heterocycles. The molecule has 0 unspecified atom stereocenters. The van der Waals surface area contributed by atoms with Crippen molar-refractivity contribution in [3.05, 3.63) is 39.9 Å². The zero-order valence-corrected chi connectivity index (χ0v) is 12.8. The molecule has 0 bridgehead atoms. The number of allylic oxidation sites excluding steroid dienone is 2. The lowest BCUT2D eigenvalue weighted by atomic mass is 9.94. The van der Waals surface area contributed by atoms with Crippen LogP contribution in [-0.2, 0) is 0 Å². The van der Waals surface area contributed by atoms with Crippen molar-refractivity contribution in [1.29, 1.82) is 0 Å². The van der Waals surface area contributed by atoms with E-state index >= 15 is 0 Å². The quantitative estimate of drug-likeness (QED) is 0.738. The second-order valence-electron chi connectivity index (χ2n) is 4.86. The van der Waals surface area contributed by atoms with Gasteiger partial charge in [0.2, 0.25) is 0 Å². The molecule has 0 N–H and O–H groups in total. The van der Waals surface area contributed by atoms with E-state index in [1.807, 2.05) is 18.2 Å². The van der Waals surface area contributed by atoms with E-state index < -0.39 is 0 Å². The van der Waals surface area contributed by atoms with Gasteiger partial charge in [-0.15, -0.1) is 0 Å². The number of ether oxygens (including phenoxy) is 1. The van der Waals surface area contributed by atoms with Crippen LogP contribution < -0.4 is 4.74 Å². The Labute approximate surface area is 123 Å². The number of carbonyl (C=O) groups excluding carboxylic acids is 1. The van der Waals surface area contributed by atoms with Crippen LogP contribution in [0.15, 0.2) is 34.3 Å². The van der Waals surface area contributed by atoms with Gasteiger partial charge in [0, 0.05) is 5.56 Å². The van der Waals surface area contributed by atoms with Gasteiger partial charge in [-0.25, -0.2) is 0 Å². The van der Waals surface area contributed by atoms with E-state index in [0.717, 1.165) is 40.6 Å². The Morgan fingerprint density at radius 3 is 2.74 bits per heavy atom. The Kier molecular flexibility index (Phi) is 5.20. The van der Waals surface area contributed by atoms with Crippen LogP contribution in [0.2, 0.25) is 0 Å². The highest BCUT2D eigenvalue weighted by Crippen LogP contribution is 2.28. The summed E-state index contributed by atoms with van der Waals surface area (Å²) in [4.78, 5) is 12.5. The smallest absolute Gasteiger partial charge is 0.188 e. The highest BCUT2D eigenvalue weighted by atomic mass is 79.9. The fourth-order valence-corrected chi connectivity index (χ4v) is 2.93. The molecule has 102 valence electrons. The summed E-state index contributed by atoms with van der Waals surface area (Å²) in [5.74, 6) is 0.911. The van der Waals surface area contributed by atoms with E-state index in [0.29, 0.717) is 0 Å². The number of methoxy groups -OCH3 is 1. The molecule has 0 aliphatic heterocycles. The molecule has 1 aromatic carbocycles. The molecule has 0 atom stereocenters. The number of hydrogen-bond acceptors (Lipinski definition) is 2. The van der Waals surface area contributed by atoms with Crippen molar-refractivity contribution < 1.29 is 9.53 Å². The molecule has 0 saturated heterocycles. The molecule has 1 aliphatic carbocycles. The van der Waals surface area contributed by atoms with E-state index in [2.05, 4.69) is 22.0 Å². The summed E-state index contributed by atoms with van der Waals surface area (Å²) < 4.78 is 6.02. The highest BCUT2D eigenvalue weighted by Gasteiger charge is 2.14. The van der Waals surface area contributed by atoms with Crippen LogP contribution in [0, 0.1) is 0 Å². The molecular formula is C16H19BrO2. The molecule has 1 aromatic rings. The van der Waals surface area contributed by atoms with Crippen molar-refractivity contribution in [2.75, 3.05) is 7.11 Å². The summed E-state index contributed by atoms with van der Waals surface area (Å²) in [6.07, 6.45) is 8.89. The second kappa shape index (κ2) is 6.90. The van der Waals surface area contributed by atoms with Gasteiger partial charge in [0.1, 0.15) is 5.75 Å². The van der Waals surface area contributed by atoms with E-state index in [1.165, 1.54) is 19.3 Å². The zero-order valence-electron chi connectivity index (χ0n) is 11.2. The topological polar surface area (TPSA) is 26.3 Å². The van der Waals surface area contributed by atoms with Crippen LogP contribution in [-0.4, -0.2) is 12.9 Å². The average molecular weight is 323 g/mol. The average Bonchev–Trinajstić information content (AvgIpc) is 2.37. The maximum Gasteiger partial charge on any atom is 0.188 e. The van der Waals surface area contributed by atoms with Gasteiger partial charge in [0.25, 0.3) is 0 Å². The Morgan fingerprint density at radius 2 is 2.00 bits per heavy atom. The summed E-state index contributed by atoms with van der Waals surface area (Å²) in [7, 11) is 1.62. The number of rotatable bonds is 3. The summed E-state index contributed by atoms with van der Waals surface area (Å²) >= 11 is 3.43. The van der Waals surface area contributed by atoms with Crippen LogP contribution in [0.5, 0.6) is 5.75 Å². The normalized spacial score (nSPS) is 18.9. The van der Waals surface area contributed by atoms with Gasteiger partial charge in [-0.3, -0.25) is 4.79 Å². The van der Waals surface area contributed by atoms with Crippen molar-refractivity contribution >= 4 is 21.7 Å². The molecule has 0 spiro atoms. The Balaban J connectivity index is 2.20. The number of ketones is 1. The van der Waals surface area contributed by atoms with E-state index in [-0.39, 0.29) is 5.78 Å². The predicted octanol–water partition coefficient (Wildman–Crippen LogP) is 4.92. The van der Waals surface area contributed by atoms with Gasteiger partial charge in [0.15, 0.2) is 5.78 Å². The minimum atomic E-state index is 0.158. The van der Waals surface area contributed by atoms with Crippen LogP contribution >= 0.6 is 15.9 Å². The minimum Gasteiger partial charge on any atom is -0.496 e. The maximum absolute atomic E-state index is 12.5. The van der Waals surface area contributed by atoms with Gasteiger partial charge in [-0.2, -0.15) is 0 Å². The van der Waals surface area contributed by atoms with Gasteiger partial charge >= 0.3 is 0 Å². The van der Waals surface area contributed by atoms with E-state index in [1.54, 1.807) is 7.11 Å². The minimum absolute atomic E-state index is 0.158. The Hall–Kier alpha value is -1.09. The van der Waals surface area contributed by atoms with Gasteiger partial charge < -0.3 is 4.74 Å². The Bertz CT molecular complexity index is 492. The lowest BCUT2D eigenvalue weighted by Gasteiger charge is -2.11. The number of halogens is 1. The lowest BCUT2D eigenvalue weighted by molar-refractivity contribution is 0.102. The SMILES string of the molecule is COc1ccc(C(=O)/C2=C/CCCCCC2)cc1Br. The molecule has 0 fully saturated rings. The molecule has 3 heteroatoms. The number of hydrogen-bond donors (Lipinski definition) is 0. The van der Waals surface area contributed by atoms with Crippen LogP contribution in [0.3, 0.4) is 0 Å². The van der Waals surface area contributed by atoms with Crippen LogP contribution in [0.25, 0.3) is 0 Å². The van der Waals surface area contributed by atoms with Crippen molar-refractivity contribution in [2.24, 2.45) is 0 Å². The number of Topliss-reactive ketones (excluding diaryl/α,β-unsaturated/α-hetero) is 1. The molecule has 19 heavy (non-hydrogen) atoms. The van der Waals surface area contributed by atoms with Crippen molar-refractivity contribution in [3.63, 3.8) is 0 Å². The first-order valence-electron chi connectivity index (χ1n) is 6.79. The third-order valence-electron chi connectivity index (χ3n) is 3.50. The van der Waals surface area contributed by atoms with Gasteiger partial charge in [-0.1, -0.05) is 18.9 Å². The fourth-order valence-electron chi connectivity index (χ4n) is 2.39. The molecule has 0 saturated carbocycles. The molecule has 2 rings (SSSR count). The standard InChI is InChI=1S/C16H19BrO2/c1-19-15-10-9-13(11-14(15)17)16(18)12-7-5-3-2-4-6-8-12/h7,9-11H,2-6,8H2,1H3/b12-7+. The summed E-state index contributed by atoms with van der Waals surface area (Å²) in [6.45, 7) is 0. The zero-order chi connectivity index (χ0) is 13.7. The summed E-state index contributed by atoms with van der Waals surface area (Å²) in [5, 5.41) is 0. The molecular weight excluding hydrogens is 304 g/mol. The summed E-state index contributed by atoms with van der Waals surface area (Å²) in [6, 6.07) is 5.52. The summed E-state index contributed by atoms with van der Waals surface area (Å²) in [5.41, 5.74) is 1.70. The highest BCUT2D eigenvalue weighted by molar-refractivity contribution is 9.10. The van der Waals surface area contributed by atoms with E-state index in [4.69, 9.17) is 4.74 Å². The third-order valence-corrected chi connectivity index (χ3v) is 4.12. The number of benzene rings is 1. The largest absolute Gasteiger partial charge is 0.496 e. The van der Waals surface area contributed by atoms with Gasteiger partial charge in [0.05, 0.1) is 11.6 Å².